The van der Waals surface area contributed by atoms with Gasteiger partial charge in [-0.1, -0.05) is 154 Å². The number of unbranched alkanes of at least 4 members (excludes halogenated alkanes) is 3. The molecule has 0 aromatic heterocycles. The van der Waals surface area contributed by atoms with Crippen molar-refractivity contribution in [2.75, 3.05) is 40.9 Å². The predicted molar refractivity (Wildman–Crippen MR) is 248 cm³/mol. The number of allylic oxidation sites excluding steroid dienone is 21. The smallest absolute Gasteiger partial charge is 0.387 e. The Morgan fingerprint density at radius 3 is 1.41 bits per heavy atom. The molecule has 3 N–H and O–H groups in total. The van der Waals surface area contributed by atoms with Crippen LogP contribution in [-0.4, -0.2) is 73.4 Å². The molecular formula is C49H80N2O6P+. The molecule has 0 aromatic rings. The van der Waals surface area contributed by atoms with E-state index in [4.69, 9.17) is 9.05 Å². The summed E-state index contributed by atoms with van der Waals surface area (Å²) in [6, 6.07) is -0.875. The first kappa shape index (κ1) is 54.6. The Bertz CT molecular complexity index is 1390. The van der Waals surface area contributed by atoms with E-state index in [0.29, 0.717) is 17.4 Å². The van der Waals surface area contributed by atoms with E-state index in [9.17, 15) is 19.4 Å². The summed E-state index contributed by atoms with van der Waals surface area (Å²) in [7, 11) is 1.51. The second kappa shape index (κ2) is 39.1. The molecule has 0 aromatic carbocycles. The molecule has 0 fully saturated rings. The van der Waals surface area contributed by atoms with Crippen molar-refractivity contribution in [2.45, 2.75) is 129 Å². The van der Waals surface area contributed by atoms with Gasteiger partial charge in [-0.05, 0) is 89.9 Å². The zero-order valence-corrected chi connectivity index (χ0v) is 37.6. The number of carbonyl (C=O) groups excluding carboxylic acids is 1. The minimum absolute atomic E-state index is 0.0427. The first-order valence-electron chi connectivity index (χ1n) is 21.6. The van der Waals surface area contributed by atoms with Gasteiger partial charge in [0.05, 0.1) is 39.9 Å². The highest BCUT2D eigenvalue weighted by atomic mass is 31.2. The van der Waals surface area contributed by atoms with Crippen molar-refractivity contribution < 1.29 is 32.9 Å². The van der Waals surface area contributed by atoms with E-state index < -0.39 is 20.0 Å². The van der Waals surface area contributed by atoms with E-state index in [2.05, 4.69) is 134 Å². The first-order chi connectivity index (χ1) is 28.0. The average Bonchev–Trinajstić information content (AvgIpc) is 3.17. The topological polar surface area (TPSA) is 105 Å². The van der Waals surface area contributed by atoms with Gasteiger partial charge in [0.15, 0.2) is 0 Å². The van der Waals surface area contributed by atoms with Crippen LogP contribution in [0.1, 0.15) is 117 Å². The number of phosphoric ester groups is 1. The van der Waals surface area contributed by atoms with E-state index in [1.807, 2.05) is 34.1 Å². The summed E-state index contributed by atoms with van der Waals surface area (Å²) < 4.78 is 23.2. The lowest BCUT2D eigenvalue weighted by Gasteiger charge is -2.25. The highest BCUT2D eigenvalue weighted by Crippen LogP contribution is 2.43. The van der Waals surface area contributed by atoms with Gasteiger partial charge >= 0.3 is 7.82 Å². The number of rotatable bonds is 36. The van der Waals surface area contributed by atoms with Gasteiger partial charge in [-0.3, -0.25) is 13.8 Å². The Morgan fingerprint density at radius 2 is 1.02 bits per heavy atom. The number of hydrogen-bond donors (Lipinski definition) is 3. The summed E-state index contributed by atoms with van der Waals surface area (Å²) in [5.74, 6) is -0.240. The number of aliphatic hydroxyl groups is 1. The van der Waals surface area contributed by atoms with Crippen molar-refractivity contribution in [3.05, 3.63) is 134 Å². The van der Waals surface area contributed by atoms with Crippen LogP contribution in [0.15, 0.2) is 134 Å². The van der Waals surface area contributed by atoms with Crippen LogP contribution in [0.5, 0.6) is 0 Å². The van der Waals surface area contributed by atoms with Crippen LogP contribution in [-0.2, 0) is 18.4 Å². The molecule has 0 saturated carbocycles. The van der Waals surface area contributed by atoms with Gasteiger partial charge in [0.25, 0.3) is 0 Å². The Kier molecular flexibility index (Phi) is 36.9. The molecule has 58 heavy (non-hydrogen) atoms. The molecule has 3 atom stereocenters. The molecule has 1 amide bonds. The molecule has 0 aliphatic rings. The molecule has 0 heterocycles. The van der Waals surface area contributed by atoms with Gasteiger partial charge in [0, 0.05) is 6.42 Å². The highest BCUT2D eigenvalue weighted by molar-refractivity contribution is 7.47. The lowest BCUT2D eigenvalue weighted by molar-refractivity contribution is -0.870. The number of quaternary nitrogens is 1. The van der Waals surface area contributed by atoms with Gasteiger partial charge in [-0.15, -0.1) is 0 Å². The lowest BCUT2D eigenvalue weighted by atomic mass is 10.1. The van der Waals surface area contributed by atoms with E-state index in [0.717, 1.165) is 89.9 Å². The van der Waals surface area contributed by atoms with Crippen molar-refractivity contribution in [2.24, 2.45) is 0 Å². The third-order valence-electron chi connectivity index (χ3n) is 8.36. The average molecular weight is 824 g/mol. The van der Waals surface area contributed by atoms with Crippen LogP contribution >= 0.6 is 7.82 Å². The molecule has 0 saturated heterocycles. The molecule has 3 unspecified atom stereocenters. The van der Waals surface area contributed by atoms with Gasteiger partial charge in [0.2, 0.25) is 5.91 Å². The second-order valence-electron chi connectivity index (χ2n) is 15.0. The second-order valence-corrected chi connectivity index (χ2v) is 16.4. The first-order valence-corrected chi connectivity index (χ1v) is 23.1. The lowest BCUT2D eigenvalue weighted by Crippen LogP contribution is -2.45. The maximum absolute atomic E-state index is 12.7. The number of likely N-dealkylation sites (N-methyl/N-ethyl adjacent to an activating group) is 1. The normalized spacial score (nSPS) is 15.6. The summed E-state index contributed by atoms with van der Waals surface area (Å²) in [6.07, 6.45) is 60.6. The molecule has 0 aliphatic carbocycles. The van der Waals surface area contributed by atoms with Gasteiger partial charge in [0.1, 0.15) is 13.2 Å². The van der Waals surface area contributed by atoms with Crippen LogP contribution < -0.4 is 5.32 Å². The molecule has 0 rings (SSSR count). The zero-order valence-electron chi connectivity index (χ0n) is 36.7. The Labute approximate surface area is 354 Å². The standard InChI is InChI=1S/C49H79N2O6P/c1-6-8-10-11-12-13-14-15-16-17-18-19-20-21-22-23-24-25-26-27-28-29-30-31-32-33-34-35-36-37-38-39-41-43-49(53)50-47(48(52)42-40-9-7-2)46-57-58(54,55)56-45-44-51(3,4)5/h8,10,12-13,15-16,18-19,21-22,24-25,27-28,30-31,33-34,36-37,40,42,47-48,52H,6-7,9,11,14,17,20,23,26,29,32,35,38-39,41,43-46H2,1-5H3,(H-,50,53,54,55)/p+1/b10-8-,13-12-,16-15-,19-18-,22-21-,25-24-,28-27-,31-30-,34-33-,37-36-,42-40+. The number of carbonyl (C=O) groups is 1. The summed E-state index contributed by atoms with van der Waals surface area (Å²) >= 11 is 0. The van der Waals surface area contributed by atoms with Crippen LogP contribution in [0.25, 0.3) is 0 Å². The molecule has 8 nitrogen and oxygen atoms in total. The fourth-order valence-corrected chi connectivity index (χ4v) is 5.69. The summed E-state index contributed by atoms with van der Waals surface area (Å²) in [6.45, 7) is 4.39. The number of amides is 1. The van der Waals surface area contributed by atoms with E-state index in [-0.39, 0.29) is 25.5 Å². The zero-order chi connectivity index (χ0) is 42.8. The largest absolute Gasteiger partial charge is 0.472 e. The van der Waals surface area contributed by atoms with Crippen molar-refractivity contribution in [3.63, 3.8) is 0 Å². The molecule has 0 aliphatic heterocycles. The third-order valence-corrected chi connectivity index (χ3v) is 9.34. The molecule has 0 radical (unpaired) electrons. The van der Waals surface area contributed by atoms with E-state index >= 15 is 0 Å². The van der Waals surface area contributed by atoms with Gasteiger partial charge < -0.3 is 19.8 Å². The molecular weight excluding hydrogens is 744 g/mol. The fourth-order valence-electron chi connectivity index (χ4n) is 4.95. The fraction of sp³-hybridized carbons (Fsp3) is 0.531. The quantitative estimate of drug-likeness (QED) is 0.0252. The minimum atomic E-state index is -4.33. The van der Waals surface area contributed by atoms with Gasteiger partial charge in [-0.25, -0.2) is 4.57 Å². The number of aliphatic hydroxyl groups excluding tert-OH is 1. The SMILES string of the molecule is CC/C=C\C/C=C\C/C=C\C/C=C\C/C=C\C/C=C\C/C=C\C/C=C\C/C=C\C/C=C\CCCCC(=O)NC(COP(=O)(O)OCC[N+](C)(C)C)C(O)/C=C/CCC. The van der Waals surface area contributed by atoms with E-state index in [1.54, 1.807) is 6.08 Å². The molecule has 0 spiro atoms. The number of nitrogens with zero attached hydrogens (tertiary/aromatic N) is 1. The minimum Gasteiger partial charge on any atom is -0.387 e. The monoisotopic (exact) mass is 824 g/mol. The van der Waals surface area contributed by atoms with Crippen molar-refractivity contribution in [1.29, 1.82) is 0 Å². The maximum atomic E-state index is 12.7. The van der Waals surface area contributed by atoms with Crippen LogP contribution in [0.3, 0.4) is 0 Å². The number of hydrogen-bond acceptors (Lipinski definition) is 5. The van der Waals surface area contributed by atoms with Crippen molar-refractivity contribution >= 4 is 13.7 Å². The predicted octanol–water partition coefficient (Wildman–Crippen LogP) is 12.1. The van der Waals surface area contributed by atoms with Crippen molar-refractivity contribution in [1.82, 2.24) is 5.32 Å². The van der Waals surface area contributed by atoms with Crippen LogP contribution in [0.2, 0.25) is 0 Å². The molecule has 9 heteroatoms. The molecule has 0 bridgehead atoms. The summed E-state index contributed by atoms with van der Waals surface area (Å²) in [5, 5.41) is 13.4. The summed E-state index contributed by atoms with van der Waals surface area (Å²) in [5.41, 5.74) is 0. The Hall–Kier alpha value is -3.36. The Morgan fingerprint density at radius 1 is 0.603 bits per heavy atom. The number of nitrogens with one attached hydrogen (secondary N) is 1. The number of phosphoric acid groups is 1. The highest BCUT2D eigenvalue weighted by Gasteiger charge is 2.27. The van der Waals surface area contributed by atoms with E-state index in [1.165, 1.54) is 0 Å². The van der Waals surface area contributed by atoms with Crippen LogP contribution in [0, 0.1) is 0 Å². The molecule has 326 valence electrons. The third kappa shape index (κ3) is 40.8. The van der Waals surface area contributed by atoms with Gasteiger partial charge in [-0.2, -0.15) is 0 Å². The Balaban J connectivity index is 4.10. The van der Waals surface area contributed by atoms with Crippen LogP contribution in [0.4, 0.5) is 0 Å². The van der Waals surface area contributed by atoms with Crippen molar-refractivity contribution in [3.8, 4) is 0 Å². The summed E-state index contributed by atoms with van der Waals surface area (Å²) in [4.78, 5) is 22.7. The maximum Gasteiger partial charge on any atom is 0.472 e.